The Hall–Kier alpha value is -1.26. The molecule has 1 aromatic carbocycles. The molecule has 4 nitrogen and oxygen atoms in total. The van der Waals surface area contributed by atoms with Gasteiger partial charge in [0.2, 0.25) is 5.91 Å². The number of methoxy groups -OCH3 is 1. The second-order valence-electron chi connectivity index (χ2n) is 4.83. The van der Waals surface area contributed by atoms with E-state index >= 15 is 0 Å². The number of ether oxygens (including phenoxy) is 1. The molecule has 0 aromatic heterocycles. The minimum absolute atomic E-state index is 0. The molecule has 0 bridgehead atoms. The predicted molar refractivity (Wildman–Crippen MR) is 79.2 cm³/mol. The van der Waals surface area contributed by atoms with Gasteiger partial charge in [-0.3, -0.25) is 4.79 Å². The number of hydrogen-bond donors (Lipinski definition) is 2. The third-order valence-electron chi connectivity index (χ3n) is 3.05. The number of carbonyl (C=O) groups is 1. The van der Waals surface area contributed by atoms with E-state index in [0.717, 1.165) is 23.7 Å². The lowest BCUT2D eigenvalue weighted by molar-refractivity contribution is -0.115. The lowest BCUT2D eigenvalue weighted by Gasteiger charge is -2.11. The van der Waals surface area contributed by atoms with Crippen LogP contribution in [-0.2, 0) is 4.79 Å². The smallest absolute Gasteiger partial charge is 0.238 e. The molecule has 0 radical (unpaired) electrons. The molecule has 2 N–H and O–H groups in total. The van der Waals surface area contributed by atoms with Gasteiger partial charge >= 0.3 is 0 Å². The van der Waals surface area contributed by atoms with Crippen LogP contribution in [0.25, 0.3) is 0 Å². The number of hydrogen-bond acceptors (Lipinski definition) is 3. The van der Waals surface area contributed by atoms with Gasteiger partial charge in [-0.15, -0.1) is 12.4 Å². The van der Waals surface area contributed by atoms with Crippen LogP contribution >= 0.6 is 12.4 Å². The average Bonchev–Trinajstić information content (AvgIpc) is 3.15. The highest BCUT2D eigenvalue weighted by atomic mass is 35.5. The molecular formula is C14H21ClN2O2. The zero-order valence-electron chi connectivity index (χ0n) is 11.4. The normalized spacial score (nSPS) is 13.6. The van der Waals surface area contributed by atoms with Gasteiger partial charge in [-0.25, -0.2) is 0 Å². The van der Waals surface area contributed by atoms with Gasteiger partial charge in [-0.05, 0) is 49.9 Å². The lowest BCUT2D eigenvalue weighted by atomic mass is 10.2. The minimum Gasteiger partial charge on any atom is -0.495 e. The number of rotatable bonds is 6. The van der Waals surface area contributed by atoms with Gasteiger partial charge in [-0.2, -0.15) is 0 Å². The number of anilines is 1. The summed E-state index contributed by atoms with van der Waals surface area (Å²) in [5.74, 6) is 1.45. The Balaban J connectivity index is 0.00000180. The summed E-state index contributed by atoms with van der Waals surface area (Å²) in [7, 11) is 1.61. The monoisotopic (exact) mass is 284 g/mol. The summed E-state index contributed by atoms with van der Waals surface area (Å²) >= 11 is 0. The lowest BCUT2D eigenvalue weighted by Crippen LogP contribution is -2.29. The fraction of sp³-hybridized carbons (Fsp3) is 0.500. The molecule has 1 amide bonds. The van der Waals surface area contributed by atoms with Crippen molar-refractivity contribution in [1.82, 2.24) is 5.32 Å². The molecule has 0 unspecified atom stereocenters. The summed E-state index contributed by atoms with van der Waals surface area (Å²) in [5.41, 5.74) is 1.83. The number of aryl methyl sites for hydroxylation is 1. The third-order valence-corrected chi connectivity index (χ3v) is 3.05. The molecule has 1 fully saturated rings. The second kappa shape index (κ2) is 7.36. The van der Waals surface area contributed by atoms with Gasteiger partial charge in [0.25, 0.3) is 0 Å². The van der Waals surface area contributed by atoms with E-state index in [4.69, 9.17) is 4.74 Å². The summed E-state index contributed by atoms with van der Waals surface area (Å²) in [6.07, 6.45) is 2.58. The van der Waals surface area contributed by atoms with Crippen LogP contribution in [0.4, 0.5) is 5.69 Å². The quantitative estimate of drug-likeness (QED) is 0.843. The number of benzene rings is 1. The Morgan fingerprint density at radius 1 is 1.42 bits per heavy atom. The van der Waals surface area contributed by atoms with Crippen molar-refractivity contribution in [1.29, 1.82) is 0 Å². The van der Waals surface area contributed by atoms with Crippen molar-refractivity contribution < 1.29 is 9.53 Å². The molecule has 0 heterocycles. The number of nitrogens with one attached hydrogen (secondary N) is 2. The highest BCUT2D eigenvalue weighted by molar-refractivity contribution is 5.93. The van der Waals surface area contributed by atoms with E-state index in [1.54, 1.807) is 7.11 Å². The molecule has 1 aliphatic carbocycles. The van der Waals surface area contributed by atoms with Crippen molar-refractivity contribution in [3.05, 3.63) is 23.8 Å². The van der Waals surface area contributed by atoms with Crippen molar-refractivity contribution in [3.8, 4) is 5.75 Å². The highest BCUT2D eigenvalue weighted by Gasteiger charge is 2.20. The molecule has 0 spiro atoms. The maximum absolute atomic E-state index is 11.7. The van der Waals surface area contributed by atoms with Gasteiger partial charge in [0, 0.05) is 0 Å². The van der Waals surface area contributed by atoms with Crippen molar-refractivity contribution in [3.63, 3.8) is 0 Å². The van der Waals surface area contributed by atoms with E-state index in [1.807, 2.05) is 25.1 Å². The van der Waals surface area contributed by atoms with E-state index in [2.05, 4.69) is 10.6 Å². The summed E-state index contributed by atoms with van der Waals surface area (Å²) < 4.78 is 5.24. The van der Waals surface area contributed by atoms with E-state index < -0.39 is 0 Å². The molecule has 0 atom stereocenters. The first-order valence-electron chi connectivity index (χ1n) is 6.34. The molecule has 19 heavy (non-hydrogen) atoms. The standard InChI is InChI=1S/C14H20N2O2.ClH/c1-10-3-6-12(13(7-10)18-2)16-14(17)9-15-8-11-4-5-11;/h3,6-7,11,15H,4-5,8-9H2,1-2H3,(H,16,17);1H. The Labute approximate surface area is 120 Å². The van der Waals surface area contributed by atoms with Crippen LogP contribution in [0.15, 0.2) is 18.2 Å². The zero-order valence-corrected chi connectivity index (χ0v) is 12.2. The van der Waals surface area contributed by atoms with Crippen LogP contribution in [0, 0.1) is 12.8 Å². The molecule has 0 saturated heterocycles. The Bertz CT molecular complexity index is 433. The predicted octanol–water partition coefficient (Wildman–Crippen LogP) is 2.36. The number of amides is 1. The fourth-order valence-electron chi connectivity index (χ4n) is 1.81. The van der Waals surface area contributed by atoms with Crippen molar-refractivity contribution in [2.75, 3.05) is 25.5 Å². The third kappa shape index (κ3) is 5.09. The summed E-state index contributed by atoms with van der Waals surface area (Å²) in [6.45, 7) is 3.29. The molecule has 1 aromatic rings. The van der Waals surface area contributed by atoms with Gasteiger partial charge < -0.3 is 15.4 Å². The van der Waals surface area contributed by atoms with Crippen LogP contribution in [-0.4, -0.2) is 26.1 Å². The van der Waals surface area contributed by atoms with E-state index in [0.29, 0.717) is 12.3 Å². The first-order chi connectivity index (χ1) is 8.69. The van der Waals surface area contributed by atoms with Crippen LogP contribution in [0.1, 0.15) is 18.4 Å². The molecule has 0 aliphatic heterocycles. The maximum Gasteiger partial charge on any atom is 0.238 e. The number of halogens is 1. The van der Waals surface area contributed by atoms with Gasteiger partial charge in [0.1, 0.15) is 5.75 Å². The Morgan fingerprint density at radius 3 is 2.79 bits per heavy atom. The van der Waals surface area contributed by atoms with E-state index in [-0.39, 0.29) is 18.3 Å². The summed E-state index contributed by atoms with van der Waals surface area (Å²) in [5, 5.41) is 6.02. The summed E-state index contributed by atoms with van der Waals surface area (Å²) in [4.78, 5) is 11.7. The van der Waals surface area contributed by atoms with Crippen LogP contribution in [0.3, 0.4) is 0 Å². The highest BCUT2D eigenvalue weighted by Crippen LogP contribution is 2.27. The van der Waals surface area contributed by atoms with Crippen molar-refractivity contribution in [2.45, 2.75) is 19.8 Å². The van der Waals surface area contributed by atoms with Gasteiger partial charge in [0.15, 0.2) is 0 Å². The van der Waals surface area contributed by atoms with Crippen LogP contribution in [0.5, 0.6) is 5.75 Å². The molecule has 2 rings (SSSR count). The fourth-order valence-corrected chi connectivity index (χ4v) is 1.81. The zero-order chi connectivity index (χ0) is 13.0. The Kier molecular flexibility index (Phi) is 6.12. The van der Waals surface area contributed by atoms with Crippen molar-refractivity contribution >= 4 is 24.0 Å². The molecular weight excluding hydrogens is 264 g/mol. The van der Waals surface area contributed by atoms with Crippen LogP contribution in [0.2, 0.25) is 0 Å². The maximum atomic E-state index is 11.7. The van der Waals surface area contributed by atoms with Crippen molar-refractivity contribution in [2.24, 2.45) is 5.92 Å². The van der Waals surface area contributed by atoms with Gasteiger partial charge in [0.05, 0.1) is 19.3 Å². The average molecular weight is 285 g/mol. The summed E-state index contributed by atoms with van der Waals surface area (Å²) in [6, 6.07) is 5.73. The largest absolute Gasteiger partial charge is 0.495 e. The van der Waals surface area contributed by atoms with E-state index in [9.17, 15) is 4.79 Å². The Morgan fingerprint density at radius 2 is 2.16 bits per heavy atom. The molecule has 106 valence electrons. The first-order valence-corrected chi connectivity index (χ1v) is 6.34. The topological polar surface area (TPSA) is 50.4 Å². The first kappa shape index (κ1) is 15.8. The van der Waals surface area contributed by atoms with Gasteiger partial charge in [-0.1, -0.05) is 6.07 Å². The molecule has 1 saturated carbocycles. The molecule has 5 heteroatoms. The second-order valence-corrected chi connectivity index (χ2v) is 4.83. The van der Waals surface area contributed by atoms with Crippen LogP contribution < -0.4 is 15.4 Å². The molecule has 1 aliphatic rings. The minimum atomic E-state index is -0.0298. The number of carbonyl (C=O) groups excluding carboxylic acids is 1. The van der Waals surface area contributed by atoms with E-state index in [1.165, 1.54) is 12.8 Å². The SMILES string of the molecule is COc1cc(C)ccc1NC(=O)CNCC1CC1.Cl.